The first kappa shape index (κ1) is 11.9. The normalized spacial score (nSPS) is 12.4. The number of thiazole rings is 1. The molecule has 0 bridgehead atoms. The van der Waals surface area contributed by atoms with Crippen LogP contribution >= 0.6 is 11.3 Å². The summed E-state index contributed by atoms with van der Waals surface area (Å²) in [5.41, 5.74) is 6.45. The second-order valence-corrected chi connectivity index (χ2v) is 4.78. The van der Waals surface area contributed by atoms with Crippen LogP contribution < -0.4 is 10.5 Å². The summed E-state index contributed by atoms with van der Waals surface area (Å²) in [4.78, 5) is 5.26. The van der Waals surface area contributed by atoms with Gasteiger partial charge in [0.05, 0.1) is 12.7 Å². The standard InChI is InChI=1S/C12H14N2O2S/c1-7(13)10-6-14-12(17-10)8-4-3-5-9(16-2)11(8)15/h3-7,15H,13H2,1-2H3. The van der Waals surface area contributed by atoms with Gasteiger partial charge in [-0.2, -0.15) is 0 Å². The third-order valence-electron chi connectivity index (χ3n) is 2.42. The molecule has 2 aromatic rings. The number of aromatic nitrogens is 1. The van der Waals surface area contributed by atoms with Crippen molar-refractivity contribution >= 4 is 11.3 Å². The van der Waals surface area contributed by atoms with Crippen LogP contribution in [0, 0.1) is 0 Å². The van der Waals surface area contributed by atoms with Crippen LogP contribution in [0.3, 0.4) is 0 Å². The third-order valence-corrected chi connectivity index (χ3v) is 3.65. The molecule has 3 N–H and O–H groups in total. The minimum Gasteiger partial charge on any atom is -0.504 e. The Balaban J connectivity index is 2.45. The van der Waals surface area contributed by atoms with Gasteiger partial charge in [-0.25, -0.2) is 4.98 Å². The summed E-state index contributed by atoms with van der Waals surface area (Å²) in [5.74, 6) is 0.556. The molecule has 1 aromatic carbocycles. The maximum atomic E-state index is 10.0. The predicted octanol–water partition coefficient (Wildman–Crippen LogP) is 2.54. The lowest BCUT2D eigenvalue weighted by Crippen LogP contribution is -2.01. The van der Waals surface area contributed by atoms with Crippen molar-refractivity contribution in [1.29, 1.82) is 0 Å². The molecule has 4 nitrogen and oxygen atoms in total. The molecule has 0 radical (unpaired) electrons. The second kappa shape index (κ2) is 4.73. The average Bonchev–Trinajstić information content (AvgIpc) is 2.78. The van der Waals surface area contributed by atoms with E-state index < -0.39 is 0 Å². The SMILES string of the molecule is COc1cccc(-c2ncc(C(C)N)s2)c1O. The van der Waals surface area contributed by atoms with Gasteiger partial charge in [0, 0.05) is 17.1 Å². The Bertz CT molecular complexity index is 523. The Labute approximate surface area is 104 Å². The summed E-state index contributed by atoms with van der Waals surface area (Å²) in [5, 5.41) is 10.7. The van der Waals surface area contributed by atoms with Gasteiger partial charge in [-0.1, -0.05) is 6.07 Å². The number of ether oxygens (including phenoxy) is 1. The van der Waals surface area contributed by atoms with Crippen LogP contribution in [-0.2, 0) is 0 Å². The van der Waals surface area contributed by atoms with Gasteiger partial charge in [0.2, 0.25) is 0 Å². The fraction of sp³-hybridized carbons (Fsp3) is 0.250. The Morgan fingerprint density at radius 3 is 2.82 bits per heavy atom. The summed E-state index contributed by atoms with van der Waals surface area (Å²) in [7, 11) is 1.52. The second-order valence-electron chi connectivity index (χ2n) is 3.71. The van der Waals surface area contributed by atoms with E-state index in [-0.39, 0.29) is 11.8 Å². The highest BCUT2D eigenvalue weighted by Gasteiger charge is 2.13. The van der Waals surface area contributed by atoms with Crippen molar-refractivity contribution in [3.63, 3.8) is 0 Å². The zero-order chi connectivity index (χ0) is 12.4. The first-order chi connectivity index (χ1) is 8.13. The Kier molecular flexibility index (Phi) is 3.31. The fourth-order valence-electron chi connectivity index (χ4n) is 1.48. The van der Waals surface area contributed by atoms with Gasteiger partial charge < -0.3 is 15.6 Å². The van der Waals surface area contributed by atoms with Crippen molar-refractivity contribution in [2.45, 2.75) is 13.0 Å². The molecule has 0 spiro atoms. The molecule has 0 aliphatic heterocycles. The lowest BCUT2D eigenvalue weighted by atomic mass is 10.2. The number of phenolic OH excluding ortho intramolecular Hbond substituents is 1. The molecule has 0 saturated heterocycles. The van der Waals surface area contributed by atoms with E-state index in [0.717, 1.165) is 9.88 Å². The summed E-state index contributed by atoms with van der Waals surface area (Å²) in [6.45, 7) is 1.91. The van der Waals surface area contributed by atoms with Crippen LogP contribution in [0.5, 0.6) is 11.5 Å². The van der Waals surface area contributed by atoms with E-state index in [0.29, 0.717) is 11.3 Å². The quantitative estimate of drug-likeness (QED) is 0.878. The number of methoxy groups -OCH3 is 1. The van der Waals surface area contributed by atoms with Crippen molar-refractivity contribution < 1.29 is 9.84 Å². The summed E-state index contributed by atoms with van der Waals surface area (Å²) >= 11 is 1.48. The molecule has 0 aliphatic carbocycles. The van der Waals surface area contributed by atoms with E-state index in [1.54, 1.807) is 12.3 Å². The topological polar surface area (TPSA) is 68.4 Å². The molecule has 5 heteroatoms. The molecule has 0 saturated carbocycles. The number of para-hydroxylation sites is 1. The lowest BCUT2D eigenvalue weighted by molar-refractivity contribution is 0.374. The number of hydrogen-bond acceptors (Lipinski definition) is 5. The maximum Gasteiger partial charge on any atom is 0.168 e. The van der Waals surface area contributed by atoms with E-state index >= 15 is 0 Å². The summed E-state index contributed by atoms with van der Waals surface area (Å²) in [6, 6.07) is 5.29. The highest BCUT2D eigenvalue weighted by Crippen LogP contribution is 2.38. The van der Waals surface area contributed by atoms with Gasteiger partial charge >= 0.3 is 0 Å². The molecule has 1 unspecified atom stereocenters. The Morgan fingerprint density at radius 2 is 2.24 bits per heavy atom. The van der Waals surface area contributed by atoms with Gasteiger partial charge in [0.25, 0.3) is 0 Å². The smallest absolute Gasteiger partial charge is 0.168 e. The molecule has 0 amide bonds. The van der Waals surface area contributed by atoms with Crippen LogP contribution in [0.4, 0.5) is 0 Å². The van der Waals surface area contributed by atoms with Gasteiger partial charge in [-0.05, 0) is 19.1 Å². The van der Waals surface area contributed by atoms with E-state index in [1.807, 2.05) is 19.1 Å². The van der Waals surface area contributed by atoms with Crippen molar-refractivity contribution in [1.82, 2.24) is 4.98 Å². The number of nitrogens with two attached hydrogens (primary N) is 1. The Morgan fingerprint density at radius 1 is 1.47 bits per heavy atom. The number of aromatic hydroxyl groups is 1. The Hall–Kier alpha value is -1.59. The summed E-state index contributed by atoms with van der Waals surface area (Å²) in [6.07, 6.45) is 1.74. The lowest BCUT2D eigenvalue weighted by Gasteiger charge is -2.06. The van der Waals surface area contributed by atoms with Gasteiger partial charge in [-0.3, -0.25) is 0 Å². The zero-order valence-corrected chi connectivity index (χ0v) is 10.5. The van der Waals surface area contributed by atoms with Crippen LogP contribution in [0.2, 0.25) is 0 Å². The van der Waals surface area contributed by atoms with Crippen molar-refractivity contribution in [3.05, 3.63) is 29.3 Å². The molecule has 1 aromatic heterocycles. The van der Waals surface area contributed by atoms with Crippen LogP contribution in [0.25, 0.3) is 10.6 Å². The zero-order valence-electron chi connectivity index (χ0n) is 9.68. The highest BCUT2D eigenvalue weighted by atomic mass is 32.1. The number of hydrogen-bond donors (Lipinski definition) is 2. The average molecular weight is 250 g/mol. The number of rotatable bonds is 3. The van der Waals surface area contributed by atoms with Gasteiger partial charge in [0.1, 0.15) is 5.01 Å². The number of benzene rings is 1. The van der Waals surface area contributed by atoms with Gasteiger partial charge in [-0.15, -0.1) is 11.3 Å². The molecule has 1 heterocycles. The third kappa shape index (κ3) is 2.25. The molecule has 17 heavy (non-hydrogen) atoms. The highest BCUT2D eigenvalue weighted by molar-refractivity contribution is 7.15. The molecule has 0 fully saturated rings. The molecule has 0 aliphatic rings. The first-order valence-electron chi connectivity index (χ1n) is 5.21. The summed E-state index contributed by atoms with van der Waals surface area (Å²) < 4.78 is 5.06. The van der Waals surface area contributed by atoms with E-state index in [4.69, 9.17) is 10.5 Å². The monoisotopic (exact) mass is 250 g/mol. The predicted molar refractivity (Wildman–Crippen MR) is 68.4 cm³/mol. The number of phenols is 1. The maximum absolute atomic E-state index is 10.0. The minimum absolute atomic E-state index is 0.0472. The first-order valence-corrected chi connectivity index (χ1v) is 6.02. The van der Waals surface area contributed by atoms with Crippen molar-refractivity contribution in [2.75, 3.05) is 7.11 Å². The molecule has 2 rings (SSSR count). The van der Waals surface area contributed by atoms with Crippen LogP contribution in [-0.4, -0.2) is 17.2 Å². The van der Waals surface area contributed by atoms with E-state index in [9.17, 15) is 5.11 Å². The van der Waals surface area contributed by atoms with Crippen LogP contribution in [0.1, 0.15) is 17.8 Å². The van der Waals surface area contributed by atoms with Crippen molar-refractivity contribution in [2.24, 2.45) is 5.73 Å². The van der Waals surface area contributed by atoms with E-state index in [2.05, 4.69) is 4.98 Å². The largest absolute Gasteiger partial charge is 0.504 e. The molecular weight excluding hydrogens is 236 g/mol. The van der Waals surface area contributed by atoms with E-state index in [1.165, 1.54) is 18.4 Å². The van der Waals surface area contributed by atoms with Crippen LogP contribution in [0.15, 0.2) is 24.4 Å². The van der Waals surface area contributed by atoms with Gasteiger partial charge in [0.15, 0.2) is 11.5 Å². The molecule has 1 atom stereocenters. The minimum atomic E-state index is -0.0472. The molecule has 90 valence electrons. The number of nitrogens with zero attached hydrogens (tertiary/aromatic N) is 1. The van der Waals surface area contributed by atoms with Crippen molar-refractivity contribution in [3.8, 4) is 22.1 Å². The molecular formula is C12H14N2O2S. The fourth-order valence-corrected chi connectivity index (χ4v) is 2.38.